The fourth-order valence-electron chi connectivity index (χ4n) is 1.70. The highest BCUT2D eigenvalue weighted by molar-refractivity contribution is 9.10. The van der Waals surface area contributed by atoms with Gasteiger partial charge in [-0.2, -0.15) is 0 Å². The van der Waals surface area contributed by atoms with Gasteiger partial charge in [0, 0.05) is 16.2 Å². The molecule has 2 rings (SSSR count). The van der Waals surface area contributed by atoms with Gasteiger partial charge in [0.1, 0.15) is 0 Å². The summed E-state index contributed by atoms with van der Waals surface area (Å²) in [5.41, 5.74) is 5.43. The van der Waals surface area contributed by atoms with Gasteiger partial charge in [0.2, 0.25) is 0 Å². The maximum Gasteiger partial charge on any atom is 0.0888 e. The zero-order valence-corrected chi connectivity index (χ0v) is 11.2. The molecule has 0 N–H and O–H groups in total. The molecule has 0 aliphatic rings. The number of benzene rings is 1. The van der Waals surface area contributed by atoms with Gasteiger partial charge in [-0.3, -0.25) is 4.98 Å². The average molecular weight is 277 g/mol. The van der Waals surface area contributed by atoms with E-state index >= 15 is 0 Å². The lowest BCUT2D eigenvalue weighted by Crippen LogP contribution is -1.91. The maximum atomic E-state index is 4.48. The van der Waals surface area contributed by atoms with Gasteiger partial charge in [0.05, 0.1) is 17.6 Å². The van der Waals surface area contributed by atoms with Crippen LogP contribution < -0.4 is 0 Å². The van der Waals surface area contributed by atoms with Crippen molar-refractivity contribution in [2.24, 2.45) is 0 Å². The van der Waals surface area contributed by atoms with Crippen LogP contribution >= 0.6 is 15.9 Å². The molecule has 82 valence electrons. The molecule has 0 radical (unpaired) electrons. The molecule has 0 saturated heterocycles. The predicted octanol–water partition coefficient (Wildman–Crippen LogP) is 3.83. The van der Waals surface area contributed by atoms with Crippen molar-refractivity contribution in [1.29, 1.82) is 0 Å². The Morgan fingerprint density at radius 1 is 1.00 bits per heavy atom. The Bertz CT molecular complexity index is 512. The third kappa shape index (κ3) is 2.14. The SMILES string of the molecule is Cc1cncc(-c2cc(C)c(Br)c(C)c2)n1. The second-order valence-electron chi connectivity index (χ2n) is 3.97. The van der Waals surface area contributed by atoms with E-state index in [1.165, 1.54) is 11.1 Å². The number of hydrogen-bond donors (Lipinski definition) is 0. The van der Waals surface area contributed by atoms with E-state index in [4.69, 9.17) is 0 Å². The van der Waals surface area contributed by atoms with Crippen LogP contribution in [-0.2, 0) is 0 Å². The van der Waals surface area contributed by atoms with Crippen molar-refractivity contribution >= 4 is 15.9 Å². The largest absolute Gasteiger partial charge is 0.261 e. The van der Waals surface area contributed by atoms with Crippen LogP contribution in [0.3, 0.4) is 0 Å². The zero-order chi connectivity index (χ0) is 11.7. The molecule has 0 aliphatic heterocycles. The molecule has 0 spiro atoms. The van der Waals surface area contributed by atoms with Crippen LogP contribution in [0, 0.1) is 20.8 Å². The molecule has 3 heteroatoms. The van der Waals surface area contributed by atoms with Gasteiger partial charge in [0.25, 0.3) is 0 Å². The highest BCUT2D eigenvalue weighted by Crippen LogP contribution is 2.27. The Balaban J connectivity index is 2.57. The molecular formula is C13H13BrN2. The molecule has 1 aromatic heterocycles. The Kier molecular flexibility index (Phi) is 3.06. The van der Waals surface area contributed by atoms with Gasteiger partial charge in [-0.25, -0.2) is 4.98 Å². The third-order valence-corrected chi connectivity index (χ3v) is 3.74. The summed E-state index contributed by atoms with van der Waals surface area (Å²) in [5, 5.41) is 0. The highest BCUT2D eigenvalue weighted by atomic mass is 79.9. The minimum Gasteiger partial charge on any atom is -0.261 e. The Morgan fingerprint density at radius 3 is 2.19 bits per heavy atom. The van der Waals surface area contributed by atoms with Gasteiger partial charge in [-0.1, -0.05) is 15.9 Å². The van der Waals surface area contributed by atoms with Gasteiger partial charge < -0.3 is 0 Å². The fraction of sp³-hybridized carbons (Fsp3) is 0.231. The molecule has 1 heterocycles. The summed E-state index contributed by atoms with van der Waals surface area (Å²) >= 11 is 3.56. The lowest BCUT2D eigenvalue weighted by Gasteiger charge is -2.07. The standard InChI is InChI=1S/C13H13BrN2/c1-8-4-11(5-9(2)13(8)14)12-7-15-6-10(3)16-12/h4-7H,1-3H3. The second kappa shape index (κ2) is 4.34. The highest BCUT2D eigenvalue weighted by Gasteiger charge is 2.05. The molecule has 0 aliphatic carbocycles. The van der Waals surface area contributed by atoms with E-state index in [1.54, 1.807) is 12.4 Å². The van der Waals surface area contributed by atoms with E-state index in [-0.39, 0.29) is 0 Å². The lowest BCUT2D eigenvalue weighted by molar-refractivity contribution is 1.12. The van der Waals surface area contributed by atoms with E-state index in [1.807, 2.05) is 6.92 Å². The first-order valence-electron chi connectivity index (χ1n) is 5.13. The molecule has 2 aromatic rings. The summed E-state index contributed by atoms with van der Waals surface area (Å²) in [4.78, 5) is 8.65. The number of aryl methyl sites for hydroxylation is 3. The summed E-state index contributed by atoms with van der Waals surface area (Å²) in [6, 6.07) is 4.25. The fourth-order valence-corrected chi connectivity index (χ4v) is 1.93. The van der Waals surface area contributed by atoms with Crippen LogP contribution in [-0.4, -0.2) is 9.97 Å². The minimum atomic E-state index is 0.929. The normalized spacial score (nSPS) is 10.5. The summed E-state index contributed by atoms with van der Waals surface area (Å²) in [6.07, 6.45) is 3.57. The topological polar surface area (TPSA) is 25.8 Å². The molecule has 0 atom stereocenters. The summed E-state index contributed by atoms with van der Waals surface area (Å²) < 4.78 is 1.16. The van der Waals surface area contributed by atoms with Crippen LogP contribution in [0.15, 0.2) is 29.0 Å². The van der Waals surface area contributed by atoms with Gasteiger partial charge in [-0.15, -0.1) is 0 Å². The predicted molar refractivity (Wildman–Crippen MR) is 69.4 cm³/mol. The Labute approximate surface area is 104 Å². The summed E-state index contributed by atoms with van der Waals surface area (Å²) in [7, 11) is 0. The van der Waals surface area contributed by atoms with Crippen molar-refractivity contribution in [3.05, 3.63) is 45.8 Å². The van der Waals surface area contributed by atoms with E-state index in [0.29, 0.717) is 0 Å². The van der Waals surface area contributed by atoms with Crippen LogP contribution in [0.5, 0.6) is 0 Å². The molecule has 0 fully saturated rings. The second-order valence-corrected chi connectivity index (χ2v) is 4.76. The van der Waals surface area contributed by atoms with Crippen LogP contribution in [0.4, 0.5) is 0 Å². The van der Waals surface area contributed by atoms with E-state index in [0.717, 1.165) is 21.4 Å². The average Bonchev–Trinajstić information content (AvgIpc) is 2.25. The van der Waals surface area contributed by atoms with Gasteiger partial charge >= 0.3 is 0 Å². The van der Waals surface area contributed by atoms with Gasteiger partial charge in [0.15, 0.2) is 0 Å². The van der Waals surface area contributed by atoms with Crippen molar-refractivity contribution in [3.63, 3.8) is 0 Å². The quantitative estimate of drug-likeness (QED) is 0.791. The van der Waals surface area contributed by atoms with E-state index in [2.05, 4.69) is 51.9 Å². The number of halogens is 1. The maximum absolute atomic E-state index is 4.48. The number of hydrogen-bond acceptors (Lipinski definition) is 2. The monoisotopic (exact) mass is 276 g/mol. The van der Waals surface area contributed by atoms with Crippen molar-refractivity contribution < 1.29 is 0 Å². The molecule has 1 aromatic carbocycles. The van der Waals surface area contributed by atoms with Crippen LogP contribution in [0.25, 0.3) is 11.3 Å². The van der Waals surface area contributed by atoms with E-state index < -0.39 is 0 Å². The molecular weight excluding hydrogens is 264 g/mol. The molecule has 2 nitrogen and oxygen atoms in total. The molecule has 0 unspecified atom stereocenters. The summed E-state index contributed by atoms with van der Waals surface area (Å²) in [6.45, 7) is 6.13. The van der Waals surface area contributed by atoms with Crippen molar-refractivity contribution in [3.8, 4) is 11.3 Å². The van der Waals surface area contributed by atoms with E-state index in [9.17, 15) is 0 Å². The number of nitrogens with zero attached hydrogens (tertiary/aromatic N) is 2. The minimum absolute atomic E-state index is 0.929. The molecule has 0 bridgehead atoms. The molecule has 0 amide bonds. The van der Waals surface area contributed by atoms with Crippen LogP contribution in [0.1, 0.15) is 16.8 Å². The van der Waals surface area contributed by atoms with Crippen molar-refractivity contribution in [2.75, 3.05) is 0 Å². The number of rotatable bonds is 1. The Morgan fingerprint density at radius 2 is 1.62 bits per heavy atom. The van der Waals surface area contributed by atoms with Crippen molar-refractivity contribution in [1.82, 2.24) is 9.97 Å². The molecule has 16 heavy (non-hydrogen) atoms. The first-order chi connectivity index (χ1) is 7.58. The Hall–Kier alpha value is -1.22. The number of aromatic nitrogens is 2. The van der Waals surface area contributed by atoms with Crippen molar-refractivity contribution in [2.45, 2.75) is 20.8 Å². The zero-order valence-electron chi connectivity index (χ0n) is 9.58. The summed E-state index contributed by atoms with van der Waals surface area (Å²) in [5.74, 6) is 0. The first kappa shape index (κ1) is 11.3. The van der Waals surface area contributed by atoms with Crippen LogP contribution in [0.2, 0.25) is 0 Å². The third-order valence-electron chi connectivity index (χ3n) is 2.49. The lowest BCUT2D eigenvalue weighted by atomic mass is 10.1. The smallest absolute Gasteiger partial charge is 0.0888 e. The molecule has 0 saturated carbocycles. The van der Waals surface area contributed by atoms with Gasteiger partial charge in [-0.05, 0) is 44.0 Å². The first-order valence-corrected chi connectivity index (χ1v) is 5.93.